The number of para-hydroxylation sites is 1. The highest BCUT2D eigenvalue weighted by Crippen LogP contribution is 2.13. The van der Waals surface area contributed by atoms with Gasteiger partial charge in [0, 0.05) is 38.9 Å². The van der Waals surface area contributed by atoms with E-state index < -0.39 is 0 Å². The van der Waals surface area contributed by atoms with Gasteiger partial charge >= 0.3 is 0 Å². The van der Waals surface area contributed by atoms with Gasteiger partial charge in [0.15, 0.2) is 0 Å². The first-order chi connectivity index (χ1) is 12.1. The largest absolute Gasteiger partial charge is 0.492 e. The zero-order chi connectivity index (χ0) is 17.6. The molecule has 134 valence electrons. The predicted molar refractivity (Wildman–Crippen MR) is 96.6 cm³/mol. The SMILES string of the molecule is Cc1cnn([C@H](C)C(=O)N2CCN(CCOc3ccccc3)CC2)c1. The van der Waals surface area contributed by atoms with Crippen molar-refractivity contribution in [3.8, 4) is 5.75 Å². The van der Waals surface area contributed by atoms with Gasteiger partial charge in [0.2, 0.25) is 5.91 Å². The molecule has 1 aromatic carbocycles. The fraction of sp³-hybridized carbons (Fsp3) is 0.474. The first kappa shape index (κ1) is 17.5. The Labute approximate surface area is 149 Å². The van der Waals surface area contributed by atoms with E-state index in [2.05, 4.69) is 10.00 Å². The van der Waals surface area contributed by atoms with Gasteiger partial charge < -0.3 is 9.64 Å². The zero-order valence-electron chi connectivity index (χ0n) is 15.0. The normalized spacial score (nSPS) is 16.6. The van der Waals surface area contributed by atoms with Crippen molar-refractivity contribution in [2.75, 3.05) is 39.3 Å². The molecule has 1 aromatic heterocycles. The van der Waals surface area contributed by atoms with Crippen molar-refractivity contribution in [2.24, 2.45) is 0 Å². The Balaban J connectivity index is 1.41. The van der Waals surface area contributed by atoms with Crippen LogP contribution in [0.4, 0.5) is 0 Å². The maximum Gasteiger partial charge on any atom is 0.247 e. The van der Waals surface area contributed by atoms with Gasteiger partial charge in [-0.15, -0.1) is 0 Å². The highest BCUT2D eigenvalue weighted by Gasteiger charge is 2.26. The number of piperazine rings is 1. The van der Waals surface area contributed by atoms with Crippen molar-refractivity contribution >= 4 is 5.91 Å². The van der Waals surface area contributed by atoms with E-state index >= 15 is 0 Å². The smallest absolute Gasteiger partial charge is 0.247 e. The molecule has 1 atom stereocenters. The fourth-order valence-electron chi connectivity index (χ4n) is 3.02. The molecule has 0 bridgehead atoms. The lowest BCUT2D eigenvalue weighted by molar-refractivity contribution is -0.136. The van der Waals surface area contributed by atoms with Crippen LogP contribution in [0.2, 0.25) is 0 Å². The number of carbonyl (C=O) groups is 1. The van der Waals surface area contributed by atoms with Crippen molar-refractivity contribution in [1.82, 2.24) is 19.6 Å². The molecule has 0 saturated carbocycles. The minimum Gasteiger partial charge on any atom is -0.492 e. The van der Waals surface area contributed by atoms with E-state index in [9.17, 15) is 4.79 Å². The molecule has 1 amide bonds. The van der Waals surface area contributed by atoms with E-state index in [1.807, 2.05) is 55.3 Å². The van der Waals surface area contributed by atoms with E-state index in [1.165, 1.54) is 0 Å². The Kier molecular flexibility index (Phi) is 5.71. The predicted octanol–water partition coefficient (Wildman–Crippen LogP) is 1.98. The van der Waals surface area contributed by atoms with Crippen LogP contribution in [0.3, 0.4) is 0 Å². The van der Waals surface area contributed by atoms with Gasteiger partial charge in [0.05, 0.1) is 6.20 Å². The van der Waals surface area contributed by atoms with Crippen molar-refractivity contribution in [3.05, 3.63) is 48.3 Å². The average Bonchev–Trinajstić information content (AvgIpc) is 3.08. The van der Waals surface area contributed by atoms with E-state index in [0.29, 0.717) is 6.61 Å². The van der Waals surface area contributed by atoms with Crippen molar-refractivity contribution in [2.45, 2.75) is 19.9 Å². The molecule has 0 N–H and O–H groups in total. The number of aryl methyl sites for hydroxylation is 1. The third-order valence-electron chi connectivity index (χ3n) is 4.59. The summed E-state index contributed by atoms with van der Waals surface area (Å²) in [6.07, 6.45) is 3.70. The summed E-state index contributed by atoms with van der Waals surface area (Å²) in [5.74, 6) is 1.04. The van der Waals surface area contributed by atoms with Crippen LogP contribution in [0.15, 0.2) is 42.7 Å². The van der Waals surface area contributed by atoms with E-state index in [0.717, 1.165) is 44.0 Å². The molecule has 1 aliphatic heterocycles. The molecule has 0 spiro atoms. The van der Waals surface area contributed by atoms with Gasteiger partial charge in [-0.25, -0.2) is 0 Å². The summed E-state index contributed by atoms with van der Waals surface area (Å²) >= 11 is 0. The molecule has 0 aliphatic carbocycles. The third kappa shape index (κ3) is 4.60. The summed E-state index contributed by atoms with van der Waals surface area (Å²) in [6, 6.07) is 9.62. The minimum atomic E-state index is -0.248. The number of carbonyl (C=O) groups excluding carboxylic acids is 1. The first-order valence-electron chi connectivity index (χ1n) is 8.83. The molecule has 1 fully saturated rings. The topological polar surface area (TPSA) is 50.6 Å². The molecule has 25 heavy (non-hydrogen) atoms. The summed E-state index contributed by atoms with van der Waals surface area (Å²) in [6.45, 7) is 8.73. The number of benzene rings is 1. The Morgan fingerprint density at radius 1 is 1.20 bits per heavy atom. The zero-order valence-corrected chi connectivity index (χ0v) is 15.0. The second-order valence-electron chi connectivity index (χ2n) is 6.50. The molecular weight excluding hydrogens is 316 g/mol. The quantitative estimate of drug-likeness (QED) is 0.805. The molecule has 2 aromatic rings. The maximum atomic E-state index is 12.6. The Bertz CT molecular complexity index is 678. The van der Waals surface area contributed by atoms with Gasteiger partial charge in [-0.3, -0.25) is 14.4 Å². The molecule has 3 rings (SSSR count). The second-order valence-corrected chi connectivity index (χ2v) is 6.50. The van der Waals surface area contributed by atoms with Crippen LogP contribution in [0.5, 0.6) is 5.75 Å². The molecule has 6 nitrogen and oxygen atoms in total. The summed E-state index contributed by atoms with van der Waals surface area (Å²) in [5, 5.41) is 4.26. The number of hydrogen-bond acceptors (Lipinski definition) is 4. The highest BCUT2D eigenvalue weighted by molar-refractivity contribution is 5.80. The van der Waals surface area contributed by atoms with Crippen molar-refractivity contribution in [1.29, 1.82) is 0 Å². The van der Waals surface area contributed by atoms with Gasteiger partial charge in [-0.05, 0) is 31.5 Å². The van der Waals surface area contributed by atoms with Crippen LogP contribution in [0.25, 0.3) is 0 Å². The van der Waals surface area contributed by atoms with Gasteiger partial charge in [0.25, 0.3) is 0 Å². The minimum absolute atomic E-state index is 0.142. The summed E-state index contributed by atoms with van der Waals surface area (Å²) in [7, 11) is 0. The van der Waals surface area contributed by atoms with Crippen LogP contribution < -0.4 is 4.74 Å². The van der Waals surface area contributed by atoms with Gasteiger partial charge in [-0.1, -0.05) is 18.2 Å². The number of nitrogens with zero attached hydrogens (tertiary/aromatic N) is 4. The molecule has 1 aliphatic rings. The summed E-state index contributed by atoms with van der Waals surface area (Å²) < 4.78 is 7.50. The van der Waals surface area contributed by atoms with Crippen LogP contribution >= 0.6 is 0 Å². The Morgan fingerprint density at radius 3 is 2.56 bits per heavy atom. The van der Waals surface area contributed by atoms with Crippen LogP contribution in [0.1, 0.15) is 18.5 Å². The molecule has 0 radical (unpaired) electrons. The average molecular weight is 342 g/mol. The summed E-state index contributed by atoms with van der Waals surface area (Å²) in [5.41, 5.74) is 1.07. The van der Waals surface area contributed by atoms with Crippen molar-refractivity contribution in [3.63, 3.8) is 0 Å². The lowest BCUT2D eigenvalue weighted by atomic mass is 10.2. The number of amides is 1. The van der Waals surface area contributed by atoms with Crippen LogP contribution in [-0.2, 0) is 4.79 Å². The standard InChI is InChI=1S/C19H26N4O2/c1-16-14-20-23(15-16)17(2)19(24)22-10-8-21(9-11-22)12-13-25-18-6-4-3-5-7-18/h3-7,14-15,17H,8-13H2,1-2H3/t17-/m1/s1. The first-order valence-corrected chi connectivity index (χ1v) is 8.83. The number of rotatable bonds is 6. The lowest BCUT2D eigenvalue weighted by Crippen LogP contribution is -2.51. The molecule has 0 unspecified atom stereocenters. The number of ether oxygens (including phenoxy) is 1. The van der Waals surface area contributed by atoms with Crippen molar-refractivity contribution < 1.29 is 9.53 Å². The van der Waals surface area contributed by atoms with Crippen LogP contribution in [-0.4, -0.2) is 64.8 Å². The van der Waals surface area contributed by atoms with E-state index in [1.54, 1.807) is 10.9 Å². The summed E-state index contributed by atoms with van der Waals surface area (Å²) in [4.78, 5) is 16.9. The molecule has 6 heteroatoms. The number of hydrogen-bond donors (Lipinski definition) is 0. The lowest BCUT2D eigenvalue weighted by Gasteiger charge is -2.35. The van der Waals surface area contributed by atoms with E-state index in [4.69, 9.17) is 4.74 Å². The maximum absolute atomic E-state index is 12.6. The van der Waals surface area contributed by atoms with Gasteiger partial charge in [0.1, 0.15) is 18.4 Å². The van der Waals surface area contributed by atoms with Crippen LogP contribution in [0, 0.1) is 6.92 Å². The molecule has 2 heterocycles. The second kappa shape index (κ2) is 8.16. The molecule has 1 saturated heterocycles. The number of aromatic nitrogens is 2. The highest BCUT2D eigenvalue weighted by atomic mass is 16.5. The molecular formula is C19H26N4O2. The van der Waals surface area contributed by atoms with E-state index in [-0.39, 0.29) is 11.9 Å². The van der Waals surface area contributed by atoms with Gasteiger partial charge in [-0.2, -0.15) is 5.10 Å². The Hall–Kier alpha value is -2.34. The Morgan fingerprint density at radius 2 is 1.92 bits per heavy atom. The monoisotopic (exact) mass is 342 g/mol. The third-order valence-corrected chi connectivity index (χ3v) is 4.59. The fourth-order valence-corrected chi connectivity index (χ4v) is 3.02.